The smallest absolute Gasteiger partial charge is 0.168 e. The van der Waals surface area contributed by atoms with Crippen molar-refractivity contribution in [3.05, 3.63) is 34.9 Å². The Kier molecular flexibility index (Phi) is 2.90. The van der Waals surface area contributed by atoms with E-state index in [1.807, 2.05) is 12.1 Å². The first-order valence-electron chi connectivity index (χ1n) is 4.89. The van der Waals surface area contributed by atoms with Crippen LogP contribution in [-0.4, -0.2) is 16.8 Å². The van der Waals surface area contributed by atoms with E-state index in [0.29, 0.717) is 27.9 Å². The highest BCUT2D eigenvalue weighted by molar-refractivity contribution is 6.30. The lowest BCUT2D eigenvalue weighted by molar-refractivity contribution is 0.894. The Morgan fingerprint density at radius 3 is 2.82 bits per heavy atom. The van der Waals surface area contributed by atoms with Crippen LogP contribution < -0.4 is 11.1 Å². The van der Waals surface area contributed by atoms with Crippen molar-refractivity contribution in [2.75, 3.05) is 18.1 Å². The molecule has 0 aliphatic rings. The van der Waals surface area contributed by atoms with Gasteiger partial charge in [-0.3, -0.25) is 0 Å². The normalized spacial score (nSPS) is 9.94. The highest BCUT2D eigenvalue weighted by Gasteiger charge is 2.15. The van der Waals surface area contributed by atoms with Crippen LogP contribution in [0.4, 0.5) is 11.6 Å². The number of nitriles is 1. The summed E-state index contributed by atoms with van der Waals surface area (Å²) in [7, 11) is 1.69. The molecule has 0 saturated carbocycles. The minimum Gasteiger partial charge on any atom is -0.382 e. The Morgan fingerprint density at radius 1 is 1.53 bits per heavy atom. The largest absolute Gasteiger partial charge is 0.382 e. The van der Waals surface area contributed by atoms with Gasteiger partial charge < -0.3 is 11.1 Å². The van der Waals surface area contributed by atoms with Crippen LogP contribution in [0.2, 0.25) is 5.02 Å². The Hall–Kier alpha value is -2.19. The minimum atomic E-state index is 0.291. The van der Waals surface area contributed by atoms with Crippen molar-refractivity contribution in [3.8, 4) is 11.8 Å². The quantitative estimate of drug-likeness (QED) is 0.851. The van der Waals surface area contributed by atoms with Crippen molar-refractivity contribution in [1.29, 1.82) is 5.26 Å². The molecule has 2 aromatic rings. The minimum absolute atomic E-state index is 0.291. The lowest BCUT2D eigenvalue weighted by Gasteiger charge is -2.03. The third-order valence-electron chi connectivity index (χ3n) is 2.32. The van der Waals surface area contributed by atoms with E-state index in [1.54, 1.807) is 25.2 Å². The Morgan fingerprint density at radius 2 is 2.29 bits per heavy atom. The predicted molar refractivity (Wildman–Crippen MR) is 67.2 cm³/mol. The zero-order chi connectivity index (χ0) is 12.4. The molecule has 0 radical (unpaired) electrons. The van der Waals surface area contributed by atoms with Crippen LogP contribution in [-0.2, 0) is 0 Å². The molecule has 0 aliphatic carbocycles. The summed E-state index contributed by atoms with van der Waals surface area (Å²) in [6.45, 7) is 0. The monoisotopic (exact) mass is 247 g/mol. The van der Waals surface area contributed by atoms with Gasteiger partial charge in [0, 0.05) is 12.1 Å². The van der Waals surface area contributed by atoms with E-state index in [0.717, 1.165) is 0 Å². The molecule has 0 spiro atoms. The molecule has 0 atom stereocenters. The summed E-state index contributed by atoms with van der Waals surface area (Å²) in [5.74, 6) is 0.740. The molecule has 3 N–H and O–H groups in total. The van der Waals surface area contributed by atoms with Gasteiger partial charge in [0.2, 0.25) is 0 Å². The summed E-state index contributed by atoms with van der Waals surface area (Å²) in [5.41, 5.74) is 6.91. The van der Waals surface area contributed by atoms with Crippen LogP contribution in [0.3, 0.4) is 0 Å². The number of nitrogens with zero attached hydrogens (tertiary/aromatic N) is 3. The molecule has 5 nitrogen and oxygen atoms in total. The number of nitrogens with one attached hydrogen (secondary N) is 1. The van der Waals surface area contributed by atoms with Gasteiger partial charge in [0.25, 0.3) is 0 Å². The number of aromatic nitrogens is 2. The molecule has 1 heterocycles. The first-order valence-corrected chi connectivity index (χ1v) is 5.27. The topological polar surface area (TPSA) is 79.7 Å². The first-order chi connectivity index (χ1) is 8.17. The molecule has 0 aliphatic heterocycles. The Labute approximate surface area is 103 Å². The van der Waals surface area contributed by atoms with Gasteiger partial charge in [-0.05, 0) is 18.2 Å². The van der Waals surface area contributed by atoms with Crippen molar-refractivity contribution in [3.63, 3.8) is 0 Å². The summed E-state index contributed by atoms with van der Waals surface area (Å²) in [4.78, 5) is 0. The molecular weight excluding hydrogens is 238 g/mol. The number of nitrogens with two attached hydrogens (primary N) is 1. The van der Waals surface area contributed by atoms with E-state index in [1.165, 1.54) is 4.68 Å². The van der Waals surface area contributed by atoms with Crippen LogP contribution in [0.15, 0.2) is 24.3 Å². The van der Waals surface area contributed by atoms with Gasteiger partial charge in [-0.25, -0.2) is 4.68 Å². The summed E-state index contributed by atoms with van der Waals surface area (Å²) >= 11 is 5.90. The first kappa shape index (κ1) is 11.3. The second-order valence-corrected chi connectivity index (χ2v) is 3.80. The van der Waals surface area contributed by atoms with E-state index in [9.17, 15) is 0 Å². The number of anilines is 2. The zero-order valence-corrected chi connectivity index (χ0v) is 9.86. The molecule has 0 bridgehead atoms. The van der Waals surface area contributed by atoms with E-state index in [4.69, 9.17) is 22.6 Å². The predicted octanol–water partition coefficient (Wildman–Crippen LogP) is 2.02. The van der Waals surface area contributed by atoms with Crippen molar-refractivity contribution in [2.24, 2.45) is 0 Å². The van der Waals surface area contributed by atoms with Gasteiger partial charge in [0.1, 0.15) is 17.5 Å². The molecule has 17 heavy (non-hydrogen) atoms. The third-order valence-corrected chi connectivity index (χ3v) is 2.56. The van der Waals surface area contributed by atoms with Crippen molar-refractivity contribution in [2.45, 2.75) is 0 Å². The van der Waals surface area contributed by atoms with Gasteiger partial charge in [-0.15, -0.1) is 5.10 Å². The van der Waals surface area contributed by atoms with E-state index < -0.39 is 0 Å². The van der Waals surface area contributed by atoms with Crippen LogP contribution in [0.5, 0.6) is 0 Å². The van der Waals surface area contributed by atoms with Gasteiger partial charge in [0.05, 0.1) is 5.69 Å². The van der Waals surface area contributed by atoms with Crippen LogP contribution in [0.1, 0.15) is 5.56 Å². The molecule has 86 valence electrons. The maximum atomic E-state index is 9.00. The van der Waals surface area contributed by atoms with Crippen LogP contribution >= 0.6 is 11.6 Å². The molecule has 0 fully saturated rings. The van der Waals surface area contributed by atoms with E-state index in [2.05, 4.69) is 10.4 Å². The summed E-state index contributed by atoms with van der Waals surface area (Å²) in [5, 5.41) is 16.6. The fraction of sp³-hybridized carbons (Fsp3) is 0.0909. The summed E-state index contributed by atoms with van der Waals surface area (Å²) in [6.07, 6.45) is 0. The third kappa shape index (κ3) is 1.90. The molecule has 1 aromatic heterocycles. The number of rotatable bonds is 2. The second-order valence-electron chi connectivity index (χ2n) is 3.36. The standard InChI is InChI=1S/C11H10ClN5/c1-15-11-9(6-13)10(14)17(16-11)8-4-2-3-7(12)5-8/h2-5H,14H2,1H3,(H,15,16). The summed E-state index contributed by atoms with van der Waals surface area (Å²) in [6, 6.07) is 9.11. The van der Waals surface area contributed by atoms with Crippen molar-refractivity contribution in [1.82, 2.24) is 9.78 Å². The van der Waals surface area contributed by atoms with Gasteiger partial charge in [-0.1, -0.05) is 17.7 Å². The number of hydrogen-bond acceptors (Lipinski definition) is 4. The SMILES string of the molecule is CNc1nn(-c2cccc(Cl)c2)c(N)c1C#N. The summed E-state index contributed by atoms with van der Waals surface area (Å²) < 4.78 is 1.48. The lowest BCUT2D eigenvalue weighted by Crippen LogP contribution is -2.02. The van der Waals surface area contributed by atoms with E-state index >= 15 is 0 Å². The maximum Gasteiger partial charge on any atom is 0.168 e. The average molecular weight is 248 g/mol. The van der Waals surface area contributed by atoms with E-state index in [-0.39, 0.29) is 0 Å². The number of nitrogen functional groups attached to an aromatic ring is 1. The fourth-order valence-corrected chi connectivity index (χ4v) is 1.71. The molecule has 6 heteroatoms. The Balaban J connectivity index is 2.61. The van der Waals surface area contributed by atoms with Gasteiger partial charge in [0.15, 0.2) is 5.82 Å². The van der Waals surface area contributed by atoms with Gasteiger partial charge >= 0.3 is 0 Å². The highest BCUT2D eigenvalue weighted by atomic mass is 35.5. The number of hydrogen-bond donors (Lipinski definition) is 2. The average Bonchev–Trinajstić information content (AvgIpc) is 2.65. The highest BCUT2D eigenvalue weighted by Crippen LogP contribution is 2.24. The Bertz CT molecular complexity index is 596. The second kappa shape index (κ2) is 4.36. The molecular formula is C11H10ClN5. The van der Waals surface area contributed by atoms with Crippen LogP contribution in [0.25, 0.3) is 5.69 Å². The molecule has 1 aromatic carbocycles. The fourth-order valence-electron chi connectivity index (χ4n) is 1.52. The number of halogens is 1. The van der Waals surface area contributed by atoms with Crippen molar-refractivity contribution >= 4 is 23.2 Å². The maximum absolute atomic E-state index is 9.00. The molecule has 2 rings (SSSR count). The zero-order valence-electron chi connectivity index (χ0n) is 9.11. The molecule has 0 saturated heterocycles. The lowest BCUT2D eigenvalue weighted by atomic mass is 10.3. The van der Waals surface area contributed by atoms with Gasteiger partial charge in [-0.2, -0.15) is 5.26 Å². The number of benzene rings is 1. The molecule has 0 unspecified atom stereocenters. The molecule has 0 amide bonds. The van der Waals surface area contributed by atoms with Crippen LogP contribution in [0, 0.1) is 11.3 Å². The van der Waals surface area contributed by atoms with Crippen molar-refractivity contribution < 1.29 is 0 Å².